The summed E-state index contributed by atoms with van der Waals surface area (Å²) in [5.74, 6) is 1.27. The largest absolute Gasteiger partial charge is 0.365 e. The smallest absolute Gasteiger partial charge is 0.244 e. The first-order chi connectivity index (χ1) is 19.5. The van der Waals surface area contributed by atoms with E-state index in [0.717, 1.165) is 27.3 Å². The van der Waals surface area contributed by atoms with Crippen molar-refractivity contribution in [3.8, 4) is 0 Å². The van der Waals surface area contributed by atoms with Gasteiger partial charge in [-0.05, 0) is 41.3 Å². The SMILES string of the molecule is O=C(CN1C(=O)CCN1c1ccccc1)N1CCN(c2nc(NCc3ccc(Cl)cc3Cl)c3sccc3n2)CC1. The highest BCUT2D eigenvalue weighted by Gasteiger charge is 2.33. The summed E-state index contributed by atoms with van der Waals surface area (Å²) in [7, 11) is 0. The Morgan fingerprint density at radius 3 is 2.55 bits per heavy atom. The number of anilines is 3. The quantitative estimate of drug-likeness (QED) is 0.325. The van der Waals surface area contributed by atoms with Gasteiger partial charge < -0.3 is 15.1 Å². The van der Waals surface area contributed by atoms with Crippen molar-refractivity contribution in [1.29, 1.82) is 0 Å². The van der Waals surface area contributed by atoms with Gasteiger partial charge in [0.1, 0.15) is 12.4 Å². The van der Waals surface area contributed by atoms with E-state index >= 15 is 0 Å². The summed E-state index contributed by atoms with van der Waals surface area (Å²) in [6.07, 6.45) is 0.402. The summed E-state index contributed by atoms with van der Waals surface area (Å²) in [5, 5.41) is 10.1. The Morgan fingerprint density at radius 2 is 1.77 bits per heavy atom. The summed E-state index contributed by atoms with van der Waals surface area (Å²) in [4.78, 5) is 39.3. The van der Waals surface area contributed by atoms with E-state index in [2.05, 4.69) is 10.2 Å². The minimum atomic E-state index is -0.0627. The van der Waals surface area contributed by atoms with Crippen molar-refractivity contribution in [3.63, 3.8) is 0 Å². The lowest BCUT2D eigenvalue weighted by molar-refractivity contribution is -0.139. The highest BCUT2D eigenvalue weighted by atomic mass is 35.5. The molecular formula is C28H27Cl2N7O2S. The lowest BCUT2D eigenvalue weighted by atomic mass is 10.2. The van der Waals surface area contributed by atoms with Gasteiger partial charge >= 0.3 is 0 Å². The third kappa shape index (κ3) is 5.52. The van der Waals surface area contributed by atoms with E-state index < -0.39 is 0 Å². The molecule has 4 heterocycles. The van der Waals surface area contributed by atoms with Crippen LogP contribution in [0.5, 0.6) is 0 Å². The van der Waals surface area contributed by atoms with E-state index in [4.69, 9.17) is 33.2 Å². The van der Waals surface area contributed by atoms with Crippen LogP contribution in [-0.4, -0.2) is 71.0 Å². The molecule has 0 aliphatic carbocycles. The first-order valence-corrected chi connectivity index (χ1v) is 14.7. The van der Waals surface area contributed by atoms with Gasteiger partial charge in [-0.15, -0.1) is 11.3 Å². The lowest BCUT2D eigenvalue weighted by Crippen LogP contribution is -2.53. The average Bonchev–Trinajstić information content (AvgIpc) is 3.59. The number of hydrogen-bond donors (Lipinski definition) is 1. The number of nitrogens with zero attached hydrogens (tertiary/aromatic N) is 6. The highest BCUT2D eigenvalue weighted by Crippen LogP contribution is 2.30. The molecule has 0 unspecified atom stereocenters. The van der Waals surface area contributed by atoms with Crippen molar-refractivity contribution in [2.24, 2.45) is 0 Å². The molecule has 2 aromatic heterocycles. The van der Waals surface area contributed by atoms with Crippen molar-refractivity contribution in [2.75, 3.05) is 54.5 Å². The number of amides is 2. The van der Waals surface area contributed by atoms with Crippen LogP contribution >= 0.6 is 34.5 Å². The number of aromatic nitrogens is 2. The van der Waals surface area contributed by atoms with E-state index in [1.165, 1.54) is 0 Å². The topological polar surface area (TPSA) is 84.9 Å². The van der Waals surface area contributed by atoms with Gasteiger partial charge in [0, 0.05) is 55.7 Å². The number of benzene rings is 2. The van der Waals surface area contributed by atoms with Crippen molar-refractivity contribution >= 4 is 74.0 Å². The number of halogens is 2. The van der Waals surface area contributed by atoms with E-state index in [1.807, 2.05) is 63.8 Å². The maximum absolute atomic E-state index is 13.2. The molecule has 2 saturated heterocycles. The minimum Gasteiger partial charge on any atom is -0.365 e. The zero-order valence-electron chi connectivity index (χ0n) is 21.6. The Balaban J connectivity index is 1.11. The summed E-state index contributed by atoms with van der Waals surface area (Å²) < 4.78 is 0.973. The third-order valence-corrected chi connectivity index (χ3v) is 8.62. The Hall–Kier alpha value is -3.60. The molecule has 2 aromatic carbocycles. The van der Waals surface area contributed by atoms with Crippen LogP contribution in [0.25, 0.3) is 10.2 Å². The summed E-state index contributed by atoms with van der Waals surface area (Å²) in [6.45, 7) is 3.36. The maximum atomic E-state index is 13.2. The summed E-state index contributed by atoms with van der Waals surface area (Å²) >= 11 is 14.0. The van der Waals surface area contributed by atoms with E-state index in [1.54, 1.807) is 22.4 Å². The Kier molecular flexibility index (Phi) is 7.64. The fourth-order valence-corrected chi connectivity index (χ4v) is 6.24. The van der Waals surface area contributed by atoms with Gasteiger partial charge in [0.05, 0.1) is 15.9 Å². The zero-order chi connectivity index (χ0) is 27.6. The molecule has 4 aromatic rings. The summed E-state index contributed by atoms with van der Waals surface area (Å²) in [5.41, 5.74) is 2.70. The minimum absolute atomic E-state index is 0.0341. The van der Waals surface area contributed by atoms with Crippen LogP contribution in [0, 0.1) is 0 Å². The maximum Gasteiger partial charge on any atom is 0.244 e. The predicted molar refractivity (Wildman–Crippen MR) is 160 cm³/mol. The molecular weight excluding hydrogens is 569 g/mol. The number of hydrogen-bond acceptors (Lipinski definition) is 8. The van der Waals surface area contributed by atoms with Gasteiger partial charge in [0.2, 0.25) is 17.8 Å². The van der Waals surface area contributed by atoms with Gasteiger partial charge in [-0.2, -0.15) is 4.98 Å². The van der Waals surface area contributed by atoms with Gasteiger partial charge in [0.25, 0.3) is 0 Å². The molecule has 40 heavy (non-hydrogen) atoms. The van der Waals surface area contributed by atoms with Gasteiger partial charge in [0.15, 0.2) is 0 Å². The van der Waals surface area contributed by atoms with Crippen LogP contribution < -0.4 is 15.2 Å². The molecule has 0 atom stereocenters. The third-order valence-electron chi connectivity index (χ3n) is 7.12. The van der Waals surface area contributed by atoms with E-state index in [-0.39, 0.29) is 18.4 Å². The van der Waals surface area contributed by atoms with Crippen molar-refractivity contribution in [3.05, 3.63) is 75.6 Å². The van der Waals surface area contributed by atoms with E-state index in [0.29, 0.717) is 61.7 Å². The molecule has 2 fully saturated rings. The van der Waals surface area contributed by atoms with Crippen molar-refractivity contribution in [2.45, 2.75) is 13.0 Å². The molecule has 2 aliphatic heterocycles. The Labute approximate surface area is 245 Å². The highest BCUT2D eigenvalue weighted by molar-refractivity contribution is 7.17. The molecule has 9 nitrogen and oxygen atoms in total. The number of rotatable bonds is 7. The first-order valence-electron chi connectivity index (χ1n) is 13.0. The zero-order valence-corrected chi connectivity index (χ0v) is 23.9. The van der Waals surface area contributed by atoms with Crippen LogP contribution in [0.3, 0.4) is 0 Å². The normalized spacial score (nSPS) is 15.8. The molecule has 2 amide bonds. The second-order valence-electron chi connectivity index (χ2n) is 9.62. The number of nitrogens with one attached hydrogen (secondary N) is 1. The number of hydrazine groups is 1. The van der Waals surface area contributed by atoms with Crippen LogP contribution in [0.4, 0.5) is 17.5 Å². The van der Waals surface area contributed by atoms with Gasteiger partial charge in [-0.3, -0.25) is 14.6 Å². The standard InChI is InChI=1S/C28H27Cl2N7O2S/c29-20-7-6-19(22(30)16-20)17-31-27-26-23(9-15-40-26)32-28(33-27)35-13-11-34(12-14-35)25(39)18-37-24(38)8-10-36(37)21-4-2-1-3-5-21/h1-7,9,15-16H,8,10-14,17-18H2,(H,31,32,33). The Bertz CT molecular complexity index is 1540. The number of para-hydroxylation sites is 1. The Morgan fingerprint density at radius 1 is 0.975 bits per heavy atom. The summed E-state index contributed by atoms with van der Waals surface area (Å²) in [6, 6.07) is 17.1. The monoisotopic (exact) mass is 595 g/mol. The fourth-order valence-electron chi connectivity index (χ4n) is 4.97. The molecule has 12 heteroatoms. The van der Waals surface area contributed by atoms with Gasteiger partial charge in [-0.1, -0.05) is 47.5 Å². The molecule has 206 valence electrons. The molecule has 6 rings (SSSR count). The van der Waals surface area contributed by atoms with Gasteiger partial charge in [-0.25, -0.2) is 9.99 Å². The average molecular weight is 597 g/mol. The number of carbonyl (C=O) groups is 2. The first kappa shape index (κ1) is 26.6. The van der Waals surface area contributed by atoms with Crippen LogP contribution in [0.1, 0.15) is 12.0 Å². The number of piperazine rings is 1. The van der Waals surface area contributed by atoms with Crippen molar-refractivity contribution < 1.29 is 9.59 Å². The number of thiophene rings is 1. The van der Waals surface area contributed by atoms with Crippen molar-refractivity contribution in [1.82, 2.24) is 19.9 Å². The van der Waals surface area contributed by atoms with Crippen LogP contribution in [0.15, 0.2) is 60.0 Å². The number of carbonyl (C=O) groups excluding carboxylic acids is 2. The molecule has 0 spiro atoms. The van der Waals surface area contributed by atoms with Crippen LogP contribution in [0.2, 0.25) is 10.0 Å². The molecule has 2 aliphatic rings. The predicted octanol–water partition coefficient (Wildman–Crippen LogP) is 4.91. The molecule has 0 bridgehead atoms. The lowest BCUT2D eigenvalue weighted by Gasteiger charge is -2.36. The molecule has 0 saturated carbocycles. The molecule has 1 N–H and O–H groups in total. The fraction of sp³-hybridized carbons (Fsp3) is 0.286. The van der Waals surface area contributed by atoms with E-state index in [9.17, 15) is 9.59 Å². The van der Waals surface area contributed by atoms with Crippen LogP contribution in [-0.2, 0) is 16.1 Å². The molecule has 0 radical (unpaired) electrons. The number of fused-ring (bicyclic) bond motifs is 1. The second-order valence-corrected chi connectivity index (χ2v) is 11.4. The second kappa shape index (κ2) is 11.5.